The van der Waals surface area contributed by atoms with Crippen molar-refractivity contribution in [2.75, 3.05) is 0 Å². The molecule has 0 saturated carbocycles. The van der Waals surface area contributed by atoms with Gasteiger partial charge in [-0.15, -0.1) is 0 Å². The Labute approximate surface area is 93.6 Å². The molecule has 1 nitrogen and oxygen atoms in total. The van der Waals surface area contributed by atoms with E-state index in [1.54, 1.807) is 0 Å². The molecule has 0 bridgehead atoms. The largest absolute Gasteiger partial charge is 0.408 e. The maximum absolute atomic E-state index is 6.39. The smallest absolute Gasteiger partial charge is 0.187 e. The first-order chi connectivity index (χ1) is 7.02. The first-order valence-electron chi connectivity index (χ1n) is 5.78. The minimum absolute atomic E-state index is 0.0325. The Morgan fingerprint density at radius 2 is 1.87 bits per heavy atom. The average molecular weight is 220 g/mol. The van der Waals surface area contributed by atoms with Gasteiger partial charge >= 0.3 is 0 Å². The van der Waals surface area contributed by atoms with Crippen molar-refractivity contribution in [3.05, 3.63) is 35.9 Å². The Kier molecular flexibility index (Phi) is 2.73. The van der Waals surface area contributed by atoms with Crippen LogP contribution in [0.5, 0.6) is 0 Å². The van der Waals surface area contributed by atoms with Crippen molar-refractivity contribution in [1.82, 2.24) is 0 Å². The standard InChI is InChI=1S/C13H20OSi/c1-13(12-8-5-4-6-9-12)10-7-11-15(2,3)14-13/h4-6,8-9H,7,10-11H2,1-3H3. The van der Waals surface area contributed by atoms with E-state index in [0.29, 0.717) is 0 Å². The summed E-state index contributed by atoms with van der Waals surface area (Å²) in [6, 6.07) is 12.0. The van der Waals surface area contributed by atoms with E-state index in [1.807, 2.05) is 0 Å². The van der Waals surface area contributed by atoms with Crippen LogP contribution in [0.4, 0.5) is 0 Å². The van der Waals surface area contributed by atoms with Crippen LogP contribution in [0.25, 0.3) is 0 Å². The highest BCUT2D eigenvalue weighted by Crippen LogP contribution is 2.40. The summed E-state index contributed by atoms with van der Waals surface area (Å²) in [7, 11) is -1.41. The Morgan fingerprint density at radius 3 is 2.47 bits per heavy atom. The number of hydrogen-bond acceptors (Lipinski definition) is 1. The van der Waals surface area contributed by atoms with Crippen molar-refractivity contribution < 1.29 is 4.43 Å². The molecule has 1 heterocycles. The van der Waals surface area contributed by atoms with E-state index in [-0.39, 0.29) is 5.60 Å². The first kappa shape index (κ1) is 10.9. The Hall–Kier alpha value is -0.603. The first-order valence-corrected chi connectivity index (χ1v) is 8.89. The molecule has 1 fully saturated rings. The van der Waals surface area contributed by atoms with Gasteiger partial charge in [-0.3, -0.25) is 0 Å². The molecule has 15 heavy (non-hydrogen) atoms. The van der Waals surface area contributed by atoms with Gasteiger partial charge in [-0.05, 0) is 38.0 Å². The van der Waals surface area contributed by atoms with Gasteiger partial charge in [-0.1, -0.05) is 36.8 Å². The summed E-state index contributed by atoms with van der Waals surface area (Å²) in [5.41, 5.74) is 1.31. The summed E-state index contributed by atoms with van der Waals surface area (Å²) in [6.45, 7) is 6.90. The van der Waals surface area contributed by atoms with Gasteiger partial charge in [0.05, 0.1) is 5.60 Å². The summed E-state index contributed by atoms with van der Waals surface area (Å²) in [5.74, 6) is 0. The Morgan fingerprint density at radius 1 is 1.20 bits per heavy atom. The van der Waals surface area contributed by atoms with Gasteiger partial charge in [0.2, 0.25) is 0 Å². The van der Waals surface area contributed by atoms with Crippen LogP contribution in [-0.4, -0.2) is 8.32 Å². The van der Waals surface area contributed by atoms with E-state index in [2.05, 4.69) is 50.3 Å². The van der Waals surface area contributed by atoms with E-state index in [4.69, 9.17) is 4.43 Å². The number of benzene rings is 1. The van der Waals surface area contributed by atoms with E-state index in [0.717, 1.165) is 6.42 Å². The van der Waals surface area contributed by atoms with Crippen molar-refractivity contribution in [2.24, 2.45) is 0 Å². The van der Waals surface area contributed by atoms with Gasteiger partial charge in [0.1, 0.15) is 0 Å². The second-order valence-corrected chi connectivity index (χ2v) is 9.54. The molecular formula is C13H20OSi. The van der Waals surface area contributed by atoms with E-state index in [9.17, 15) is 0 Å². The second kappa shape index (κ2) is 3.76. The highest BCUT2D eigenvalue weighted by Gasteiger charge is 2.39. The zero-order valence-electron chi connectivity index (χ0n) is 9.92. The SMILES string of the molecule is CC1(c2ccccc2)CCC[Si](C)(C)O1. The summed E-state index contributed by atoms with van der Waals surface area (Å²) in [5, 5.41) is 0. The summed E-state index contributed by atoms with van der Waals surface area (Å²) in [4.78, 5) is 0. The predicted octanol–water partition coefficient (Wildman–Crippen LogP) is 3.92. The predicted molar refractivity (Wildman–Crippen MR) is 66.4 cm³/mol. The molecule has 1 aliphatic rings. The molecule has 1 unspecified atom stereocenters. The quantitative estimate of drug-likeness (QED) is 0.652. The normalized spacial score (nSPS) is 30.1. The minimum atomic E-state index is -1.41. The molecular weight excluding hydrogens is 200 g/mol. The van der Waals surface area contributed by atoms with Crippen LogP contribution in [-0.2, 0) is 10.0 Å². The zero-order chi connectivity index (χ0) is 10.9. The van der Waals surface area contributed by atoms with Crippen LogP contribution in [0.2, 0.25) is 19.1 Å². The molecule has 0 N–H and O–H groups in total. The molecule has 0 radical (unpaired) electrons. The van der Waals surface area contributed by atoms with Crippen LogP contribution in [0.15, 0.2) is 30.3 Å². The molecule has 1 atom stereocenters. The lowest BCUT2D eigenvalue weighted by Gasteiger charge is -2.43. The molecule has 0 aliphatic carbocycles. The van der Waals surface area contributed by atoms with Crippen molar-refractivity contribution >= 4 is 8.32 Å². The molecule has 1 aromatic rings. The highest BCUT2D eigenvalue weighted by atomic mass is 28.4. The van der Waals surface area contributed by atoms with Crippen LogP contribution < -0.4 is 0 Å². The van der Waals surface area contributed by atoms with Crippen LogP contribution in [0.1, 0.15) is 25.3 Å². The van der Waals surface area contributed by atoms with Crippen molar-refractivity contribution in [2.45, 2.75) is 44.5 Å². The topological polar surface area (TPSA) is 9.23 Å². The fourth-order valence-electron chi connectivity index (χ4n) is 2.56. The van der Waals surface area contributed by atoms with Crippen LogP contribution in [0.3, 0.4) is 0 Å². The molecule has 1 aromatic carbocycles. The lowest BCUT2D eigenvalue weighted by Crippen LogP contribution is -2.44. The lowest BCUT2D eigenvalue weighted by molar-refractivity contribution is 0.0501. The van der Waals surface area contributed by atoms with E-state index >= 15 is 0 Å². The molecule has 82 valence electrons. The molecule has 0 aromatic heterocycles. The fraction of sp³-hybridized carbons (Fsp3) is 0.538. The summed E-state index contributed by atoms with van der Waals surface area (Å²) in [6.07, 6.45) is 2.47. The molecule has 0 amide bonds. The zero-order valence-corrected chi connectivity index (χ0v) is 10.9. The van der Waals surface area contributed by atoms with Gasteiger partial charge in [-0.2, -0.15) is 0 Å². The number of rotatable bonds is 1. The third kappa shape index (κ3) is 2.32. The Bertz CT molecular complexity index is 334. The molecule has 1 aliphatic heterocycles. The summed E-state index contributed by atoms with van der Waals surface area (Å²) < 4.78 is 6.39. The van der Waals surface area contributed by atoms with Gasteiger partial charge in [-0.25, -0.2) is 0 Å². The third-order valence-electron chi connectivity index (χ3n) is 3.32. The van der Waals surface area contributed by atoms with Crippen molar-refractivity contribution in [3.8, 4) is 0 Å². The van der Waals surface area contributed by atoms with Crippen molar-refractivity contribution in [3.63, 3.8) is 0 Å². The Balaban J connectivity index is 2.27. The molecule has 0 spiro atoms. The fourth-order valence-corrected chi connectivity index (χ4v) is 5.13. The lowest BCUT2D eigenvalue weighted by atomic mass is 9.91. The molecule has 2 rings (SSSR count). The van der Waals surface area contributed by atoms with E-state index in [1.165, 1.54) is 18.0 Å². The summed E-state index contributed by atoms with van der Waals surface area (Å²) >= 11 is 0. The third-order valence-corrected chi connectivity index (χ3v) is 5.88. The average Bonchev–Trinajstić information content (AvgIpc) is 2.17. The molecule has 2 heteroatoms. The van der Waals surface area contributed by atoms with Crippen LogP contribution in [0, 0.1) is 0 Å². The van der Waals surface area contributed by atoms with Gasteiger partial charge in [0.15, 0.2) is 8.32 Å². The van der Waals surface area contributed by atoms with Gasteiger partial charge < -0.3 is 4.43 Å². The second-order valence-electron chi connectivity index (χ2n) is 5.31. The van der Waals surface area contributed by atoms with Crippen molar-refractivity contribution in [1.29, 1.82) is 0 Å². The highest BCUT2D eigenvalue weighted by molar-refractivity contribution is 6.71. The molecule has 1 saturated heterocycles. The minimum Gasteiger partial charge on any atom is -0.408 e. The number of hydrogen-bond donors (Lipinski definition) is 0. The monoisotopic (exact) mass is 220 g/mol. The maximum Gasteiger partial charge on any atom is 0.187 e. The van der Waals surface area contributed by atoms with Gasteiger partial charge in [0, 0.05) is 0 Å². The van der Waals surface area contributed by atoms with Crippen LogP contribution >= 0.6 is 0 Å². The maximum atomic E-state index is 6.39. The van der Waals surface area contributed by atoms with E-state index < -0.39 is 8.32 Å². The van der Waals surface area contributed by atoms with Gasteiger partial charge in [0.25, 0.3) is 0 Å².